The van der Waals surface area contributed by atoms with E-state index in [9.17, 15) is 9.59 Å². The van der Waals surface area contributed by atoms with Crippen molar-refractivity contribution in [3.8, 4) is 0 Å². The van der Waals surface area contributed by atoms with Crippen LogP contribution in [-0.4, -0.2) is 29.8 Å². The summed E-state index contributed by atoms with van der Waals surface area (Å²) in [6.07, 6.45) is 1.69. The molecule has 0 saturated heterocycles. The Balaban J connectivity index is 2.68. The van der Waals surface area contributed by atoms with E-state index in [0.29, 0.717) is 18.8 Å². The van der Waals surface area contributed by atoms with Crippen LogP contribution in [0, 0.1) is 0 Å². The van der Waals surface area contributed by atoms with Crippen molar-refractivity contribution in [1.29, 1.82) is 0 Å². The second-order valence-corrected chi connectivity index (χ2v) is 5.17. The van der Waals surface area contributed by atoms with E-state index in [1.165, 1.54) is 0 Å². The van der Waals surface area contributed by atoms with Crippen molar-refractivity contribution in [3.63, 3.8) is 0 Å². The Morgan fingerprint density at radius 3 is 2.37 bits per heavy atom. The summed E-state index contributed by atoms with van der Waals surface area (Å²) >= 11 is 3.32. The number of nitrogens with one attached hydrogen (secondary N) is 1. The van der Waals surface area contributed by atoms with Crippen molar-refractivity contribution in [3.05, 3.63) is 28.7 Å². The van der Waals surface area contributed by atoms with Gasteiger partial charge in [0.1, 0.15) is 0 Å². The molecule has 0 aromatic heterocycles. The molecule has 1 N–H and O–H groups in total. The fraction of sp³-hybridized carbons (Fsp3) is 0.429. The molecule has 0 unspecified atom stereocenters. The summed E-state index contributed by atoms with van der Waals surface area (Å²) in [7, 11) is 0. The summed E-state index contributed by atoms with van der Waals surface area (Å²) in [5.41, 5.74) is 0.612. The minimum atomic E-state index is -0.583. The van der Waals surface area contributed by atoms with Gasteiger partial charge in [-0.1, -0.05) is 35.8 Å². The molecule has 104 valence electrons. The van der Waals surface area contributed by atoms with E-state index in [2.05, 4.69) is 21.2 Å². The summed E-state index contributed by atoms with van der Waals surface area (Å²) in [5.74, 6) is -1.05. The third kappa shape index (κ3) is 5.03. The van der Waals surface area contributed by atoms with Gasteiger partial charge < -0.3 is 10.2 Å². The molecular weight excluding hydrogens is 308 g/mol. The molecule has 1 aromatic carbocycles. The van der Waals surface area contributed by atoms with Crippen molar-refractivity contribution in [1.82, 2.24) is 4.90 Å². The molecule has 0 aliphatic carbocycles. The Hall–Kier alpha value is -1.36. The van der Waals surface area contributed by atoms with Gasteiger partial charge in [-0.3, -0.25) is 9.59 Å². The second-order valence-electron chi connectivity index (χ2n) is 4.26. The lowest BCUT2D eigenvalue weighted by atomic mass is 10.3. The maximum Gasteiger partial charge on any atom is 0.313 e. The molecule has 0 aliphatic heterocycles. The van der Waals surface area contributed by atoms with E-state index < -0.39 is 11.8 Å². The first kappa shape index (κ1) is 15.7. The zero-order valence-electron chi connectivity index (χ0n) is 11.3. The second kappa shape index (κ2) is 7.94. The predicted octanol–water partition coefficient (Wildman–Crippen LogP) is 3.04. The Labute approximate surface area is 122 Å². The van der Waals surface area contributed by atoms with E-state index >= 15 is 0 Å². The average Bonchev–Trinajstić information content (AvgIpc) is 2.37. The van der Waals surface area contributed by atoms with Gasteiger partial charge in [0, 0.05) is 23.2 Å². The number of amides is 2. The normalized spacial score (nSPS) is 10.1. The summed E-state index contributed by atoms with van der Waals surface area (Å²) < 4.78 is 0.858. The van der Waals surface area contributed by atoms with Crippen LogP contribution in [-0.2, 0) is 9.59 Å². The van der Waals surface area contributed by atoms with Gasteiger partial charge in [-0.05, 0) is 31.0 Å². The monoisotopic (exact) mass is 326 g/mol. The first-order valence-corrected chi connectivity index (χ1v) is 7.23. The Morgan fingerprint density at radius 1 is 1.21 bits per heavy atom. The lowest BCUT2D eigenvalue weighted by molar-refractivity contribution is -0.143. The topological polar surface area (TPSA) is 49.4 Å². The van der Waals surface area contributed by atoms with Gasteiger partial charge >= 0.3 is 11.8 Å². The Bertz CT molecular complexity index is 443. The van der Waals surface area contributed by atoms with E-state index in [4.69, 9.17) is 0 Å². The highest BCUT2D eigenvalue weighted by Crippen LogP contribution is 2.15. The minimum Gasteiger partial charge on any atom is -0.334 e. The van der Waals surface area contributed by atoms with Crippen LogP contribution in [0.25, 0.3) is 0 Å². The highest BCUT2D eigenvalue weighted by Gasteiger charge is 2.20. The van der Waals surface area contributed by atoms with Crippen LogP contribution in [0.5, 0.6) is 0 Å². The molecule has 0 fully saturated rings. The van der Waals surface area contributed by atoms with Gasteiger partial charge in [0.2, 0.25) is 0 Å². The zero-order chi connectivity index (χ0) is 14.3. The van der Waals surface area contributed by atoms with Crippen LogP contribution < -0.4 is 5.32 Å². The molecule has 0 heterocycles. The van der Waals surface area contributed by atoms with E-state index in [0.717, 1.165) is 17.3 Å². The van der Waals surface area contributed by atoms with Crippen molar-refractivity contribution in [2.24, 2.45) is 0 Å². The van der Waals surface area contributed by atoms with Crippen LogP contribution in [0.15, 0.2) is 28.7 Å². The van der Waals surface area contributed by atoms with E-state index in [1.54, 1.807) is 23.1 Å². The number of carbonyl (C=O) groups is 2. The molecule has 2 amide bonds. The standard InChI is InChI=1S/C14H19BrN2O2/c1-3-8-17(9-4-2)14(19)13(18)16-12-7-5-6-11(15)10-12/h5-7,10H,3-4,8-9H2,1-2H3,(H,16,18). The number of anilines is 1. The number of hydrogen-bond donors (Lipinski definition) is 1. The third-order valence-corrected chi connectivity index (χ3v) is 3.04. The molecule has 0 aliphatic rings. The van der Waals surface area contributed by atoms with Gasteiger partial charge in [-0.15, -0.1) is 0 Å². The highest BCUT2D eigenvalue weighted by molar-refractivity contribution is 9.10. The number of carbonyl (C=O) groups excluding carboxylic acids is 2. The van der Waals surface area contributed by atoms with Crippen molar-refractivity contribution in [2.45, 2.75) is 26.7 Å². The van der Waals surface area contributed by atoms with Crippen LogP contribution in [0.2, 0.25) is 0 Å². The predicted molar refractivity (Wildman–Crippen MR) is 79.9 cm³/mol. The molecule has 0 radical (unpaired) electrons. The smallest absolute Gasteiger partial charge is 0.313 e. The Kier molecular flexibility index (Phi) is 6.56. The maximum atomic E-state index is 12.0. The van der Waals surface area contributed by atoms with Crippen LogP contribution in [0.4, 0.5) is 5.69 Å². The number of hydrogen-bond acceptors (Lipinski definition) is 2. The molecule has 5 heteroatoms. The van der Waals surface area contributed by atoms with Crippen molar-refractivity contribution < 1.29 is 9.59 Å². The quantitative estimate of drug-likeness (QED) is 0.845. The van der Waals surface area contributed by atoms with Crippen LogP contribution in [0.1, 0.15) is 26.7 Å². The average molecular weight is 327 g/mol. The van der Waals surface area contributed by atoms with Crippen molar-refractivity contribution >= 4 is 33.4 Å². The number of benzene rings is 1. The number of halogens is 1. The first-order valence-electron chi connectivity index (χ1n) is 6.44. The summed E-state index contributed by atoms with van der Waals surface area (Å²) in [6.45, 7) is 5.20. The molecule has 4 nitrogen and oxygen atoms in total. The fourth-order valence-electron chi connectivity index (χ4n) is 1.75. The van der Waals surface area contributed by atoms with Gasteiger partial charge in [0.05, 0.1) is 0 Å². The third-order valence-electron chi connectivity index (χ3n) is 2.55. The largest absolute Gasteiger partial charge is 0.334 e. The van der Waals surface area contributed by atoms with Gasteiger partial charge in [0.25, 0.3) is 0 Å². The highest BCUT2D eigenvalue weighted by atomic mass is 79.9. The lowest BCUT2D eigenvalue weighted by Crippen LogP contribution is -2.40. The molecule has 0 atom stereocenters. The first-order chi connectivity index (χ1) is 9.08. The summed E-state index contributed by atoms with van der Waals surface area (Å²) in [4.78, 5) is 25.5. The molecule has 0 spiro atoms. The van der Waals surface area contributed by atoms with E-state index in [1.807, 2.05) is 19.9 Å². The molecule has 0 saturated carbocycles. The molecule has 1 aromatic rings. The SMILES string of the molecule is CCCN(CCC)C(=O)C(=O)Nc1cccc(Br)c1. The van der Waals surface area contributed by atoms with Gasteiger partial charge in [-0.2, -0.15) is 0 Å². The van der Waals surface area contributed by atoms with Crippen LogP contribution >= 0.6 is 15.9 Å². The van der Waals surface area contributed by atoms with Crippen molar-refractivity contribution in [2.75, 3.05) is 18.4 Å². The zero-order valence-corrected chi connectivity index (χ0v) is 12.9. The van der Waals surface area contributed by atoms with Crippen LogP contribution in [0.3, 0.4) is 0 Å². The number of nitrogens with zero attached hydrogens (tertiary/aromatic N) is 1. The van der Waals surface area contributed by atoms with Gasteiger partial charge in [-0.25, -0.2) is 0 Å². The van der Waals surface area contributed by atoms with Gasteiger partial charge in [0.15, 0.2) is 0 Å². The summed E-state index contributed by atoms with van der Waals surface area (Å²) in [6, 6.07) is 7.17. The molecule has 1 rings (SSSR count). The molecule has 0 bridgehead atoms. The molecule has 19 heavy (non-hydrogen) atoms. The lowest BCUT2D eigenvalue weighted by Gasteiger charge is -2.20. The fourth-order valence-corrected chi connectivity index (χ4v) is 2.15. The van der Waals surface area contributed by atoms with E-state index in [-0.39, 0.29) is 0 Å². The minimum absolute atomic E-state index is 0.469. The summed E-state index contributed by atoms with van der Waals surface area (Å²) in [5, 5.41) is 2.62. The number of rotatable bonds is 5. The maximum absolute atomic E-state index is 12.0. The Morgan fingerprint density at radius 2 is 1.84 bits per heavy atom. The molecular formula is C14H19BrN2O2.